The lowest BCUT2D eigenvalue weighted by molar-refractivity contribution is -0.161. The van der Waals surface area contributed by atoms with Gasteiger partial charge in [-0.25, -0.2) is 0 Å². The molecule has 5 saturated carbocycles. The van der Waals surface area contributed by atoms with Crippen molar-refractivity contribution in [3.8, 4) is 0 Å². The quantitative estimate of drug-likeness (QED) is 0.543. The van der Waals surface area contributed by atoms with Crippen LogP contribution in [0.25, 0.3) is 0 Å². The van der Waals surface area contributed by atoms with Crippen molar-refractivity contribution >= 4 is 0 Å². The van der Waals surface area contributed by atoms with Gasteiger partial charge in [0.25, 0.3) is 0 Å². The zero-order valence-corrected chi connectivity index (χ0v) is 18.0. The number of fused-ring (bicyclic) bond motifs is 4. The molecule has 5 fully saturated rings. The topological polar surface area (TPSA) is 9.23 Å². The molecular formula is C25H42O. The fraction of sp³-hybridized carbons (Fsp3) is 1.00. The molecule has 0 aromatic carbocycles. The normalized spacial score (nSPS) is 58.5. The van der Waals surface area contributed by atoms with Gasteiger partial charge in [-0.15, -0.1) is 0 Å². The van der Waals surface area contributed by atoms with Gasteiger partial charge in [0.15, 0.2) is 0 Å². The molecule has 1 heteroatoms. The van der Waals surface area contributed by atoms with Gasteiger partial charge < -0.3 is 4.74 Å². The highest BCUT2D eigenvalue weighted by atomic mass is 16.5. The van der Waals surface area contributed by atoms with E-state index in [1.54, 1.807) is 0 Å². The molecule has 0 aromatic rings. The molecule has 0 heterocycles. The van der Waals surface area contributed by atoms with Crippen LogP contribution in [0.1, 0.15) is 91.9 Å². The van der Waals surface area contributed by atoms with Crippen molar-refractivity contribution in [2.24, 2.45) is 51.8 Å². The predicted molar refractivity (Wildman–Crippen MR) is 108 cm³/mol. The lowest BCUT2D eigenvalue weighted by Crippen LogP contribution is -2.57. The van der Waals surface area contributed by atoms with Crippen molar-refractivity contribution in [1.29, 1.82) is 0 Å². The molecule has 1 nitrogen and oxygen atoms in total. The van der Waals surface area contributed by atoms with Gasteiger partial charge in [0.05, 0.1) is 6.10 Å². The molecule has 0 saturated heterocycles. The van der Waals surface area contributed by atoms with Crippen LogP contribution in [0.2, 0.25) is 0 Å². The van der Waals surface area contributed by atoms with Crippen LogP contribution in [-0.2, 0) is 4.74 Å². The summed E-state index contributed by atoms with van der Waals surface area (Å²) in [5.74, 6) is 5.85. The van der Waals surface area contributed by atoms with E-state index in [9.17, 15) is 0 Å². The molecule has 0 radical (unpaired) electrons. The van der Waals surface area contributed by atoms with Gasteiger partial charge in [-0.05, 0) is 97.7 Å². The van der Waals surface area contributed by atoms with Gasteiger partial charge in [0, 0.05) is 12.5 Å². The van der Waals surface area contributed by atoms with Gasteiger partial charge in [-0.3, -0.25) is 0 Å². The maximum absolute atomic E-state index is 6.26. The van der Waals surface area contributed by atoms with Gasteiger partial charge in [0.1, 0.15) is 0 Å². The van der Waals surface area contributed by atoms with Crippen molar-refractivity contribution in [3.63, 3.8) is 0 Å². The Kier molecular flexibility index (Phi) is 3.98. The minimum absolute atomic E-state index is 0.565. The standard InChI is InChI=1S/C25H42O/c1-6-7-16(2)19-8-9-20-18-14-22(26-5)25-15-17(25)10-13-24(25,4)21(18)11-12-23(19,20)3/h16-22H,6-15H2,1-5H3/t16-,17+,18+,19-,20+,21+,22-,23-,24-,25+/m1/s1. The average Bonchev–Trinajstić information content (AvgIpc) is 3.12. The summed E-state index contributed by atoms with van der Waals surface area (Å²) in [4.78, 5) is 0. The molecule has 10 atom stereocenters. The molecule has 0 unspecified atom stereocenters. The van der Waals surface area contributed by atoms with E-state index in [4.69, 9.17) is 4.74 Å². The van der Waals surface area contributed by atoms with Gasteiger partial charge in [-0.1, -0.05) is 40.5 Å². The Balaban J connectivity index is 1.46. The van der Waals surface area contributed by atoms with Gasteiger partial charge in [-0.2, -0.15) is 0 Å². The van der Waals surface area contributed by atoms with E-state index in [-0.39, 0.29) is 0 Å². The van der Waals surface area contributed by atoms with Crippen LogP contribution in [0.15, 0.2) is 0 Å². The molecular weight excluding hydrogens is 316 g/mol. The van der Waals surface area contributed by atoms with Crippen molar-refractivity contribution in [2.75, 3.05) is 7.11 Å². The Morgan fingerprint density at radius 2 is 1.85 bits per heavy atom. The fourth-order valence-electron chi connectivity index (χ4n) is 10.2. The van der Waals surface area contributed by atoms with Crippen LogP contribution < -0.4 is 0 Å². The summed E-state index contributed by atoms with van der Waals surface area (Å²) in [7, 11) is 2.02. The number of hydrogen-bond donors (Lipinski definition) is 0. The Hall–Kier alpha value is -0.0400. The first kappa shape index (κ1) is 18.0. The van der Waals surface area contributed by atoms with E-state index in [1.165, 1.54) is 64.2 Å². The monoisotopic (exact) mass is 358 g/mol. The van der Waals surface area contributed by atoms with E-state index in [0.717, 1.165) is 35.5 Å². The molecule has 26 heavy (non-hydrogen) atoms. The highest BCUT2D eigenvalue weighted by Crippen LogP contribution is 2.82. The van der Waals surface area contributed by atoms with Crippen molar-refractivity contribution < 1.29 is 4.74 Å². The van der Waals surface area contributed by atoms with Crippen LogP contribution in [0.5, 0.6) is 0 Å². The van der Waals surface area contributed by atoms with Gasteiger partial charge >= 0.3 is 0 Å². The van der Waals surface area contributed by atoms with Gasteiger partial charge in [0.2, 0.25) is 0 Å². The molecule has 0 N–H and O–H groups in total. The summed E-state index contributed by atoms with van der Waals surface area (Å²) >= 11 is 0. The second-order valence-electron chi connectivity index (χ2n) is 11.7. The zero-order chi connectivity index (χ0) is 18.3. The van der Waals surface area contributed by atoms with Crippen molar-refractivity contribution in [2.45, 2.75) is 98.0 Å². The Morgan fingerprint density at radius 1 is 1.04 bits per heavy atom. The van der Waals surface area contributed by atoms with E-state index in [2.05, 4.69) is 27.7 Å². The Labute approximate surface area is 162 Å². The molecule has 0 amide bonds. The highest BCUT2D eigenvalue weighted by Gasteiger charge is 2.77. The van der Waals surface area contributed by atoms with Crippen LogP contribution in [-0.4, -0.2) is 13.2 Å². The second kappa shape index (κ2) is 5.74. The summed E-state index contributed by atoms with van der Waals surface area (Å²) in [6.45, 7) is 10.4. The second-order valence-corrected chi connectivity index (χ2v) is 11.7. The Morgan fingerprint density at radius 3 is 2.54 bits per heavy atom. The first-order valence-corrected chi connectivity index (χ1v) is 11.9. The molecule has 0 bridgehead atoms. The maximum Gasteiger partial charge on any atom is 0.0638 e. The van der Waals surface area contributed by atoms with E-state index >= 15 is 0 Å². The van der Waals surface area contributed by atoms with Crippen LogP contribution in [0.4, 0.5) is 0 Å². The molecule has 0 aliphatic heterocycles. The number of methoxy groups -OCH3 is 1. The first-order valence-electron chi connectivity index (χ1n) is 11.9. The maximum atomic E-state index is 6.26. The minimum atomic E-state index is 0.565. The molecule has 0 aromatic heterocycles. The van der Waals surface area contributed by atoms with E-state index in [1.807, 2.05) is 7.11 Å². The van der Waals surface area contributed by atoms with Crippen LogP contribution >= 0.6 is 0 Å². The zero-order valence-electron chi connectivity index (χ0n) is 18.0. The molecule has 5 aliphatic rings. The molecule has 5 aliphatic carbocycles. The number of rotatable bonds is 4. The summed E-state index contributed by atoms with van der Waals surface area (Å²) in [6.07, 6.45) is 15.3. The third-order valence-corrected chi connectivity index (χ3v) is 11.3. The van der Waals surface area contributed by atoms with Crippen molar-refractivity contribution in [3.05, 3.63) is 0 Å². The lowest BCUT2D eigenvalue weighted by atomic mass is 9.45. The molecule has 5 rings (SSSR count). The smallest absolute Gasteiger partial charge is 0.0638 e. The summed E-state index contributed by atoms with van der Waals surface area (Å²) < 4.78 is 6.26. The SMILES string of the molecule is CCC[C@@H](C)[C@H]1CC[C@H]2[C@@H]3C[C@@H](OC)[C@]45C[C@@H]4CC[C@]5(C)[C@H]3CC[C@]12C. The summed E-state index contributed by atoms with van der Waals surface area (Å²) in [5, 5.41) is 0. The first-order chi connectivity index (χ1) is 12.4. The Bertz CT molecular complexity index is 571. The largest absolute Gasteiger partial charge is 0.381 e. The molecule has 1 spiro atoms. The third-order valence-electron chi connectivity index (χ3n) is 11.3. The lowest BCUT2D eigenvalue weighted by Gasteiger charge is -2.61. The number of ether oxygens (including phenoxy) is 1. The highest BCUT2D eigenvalue weighted by molar-refractivity contribution is 5.26. The van der Waals surface area contributed by atoms with Crippen LogP contribution in [0.3, 0.4) is 0 Å². The average molecular weight is 359 g/mol. The van der Waals surface area contributed by atoms with Crippen LogP contribution in [0, 0.1) is 51.8 Å². The van der Waals surface area contributed by atoms with E-state index < -0.39 is 0 Å². The predicted octanol–water partition coefficient (Wildman–Crippen LogP) is 6.71. The minimum Gasteiger partial charge on any atom is -0.381 e. The summed E-state index contributed by atoms with van der Waals surface area (Å²) in [5.41, 5.74) is 1.80. The third kappa shape index (κ3) is 1.98. The van der Waals surface area contributed by atoms with Crippen molar-refractivity contribution in [1.82, 2.24) is 0 Å². The van der Waals surface area contributed by atoms with E-state index in [0.29, 0.717) is 22.3 Å². The fourth-order valence-corrected chi connectivity index (χ4v) is 10.2. The molecule has 148 valence electrons. The number of hydrogen-bond acceptors (Lipinski definition) is 1. The summed E-state index contributed by atoms with van der Waals surface area (Å²) in [6, 6.07) is 0.